The molecule has 2 heterocycles. The first-order valence-electron chi connectivity index (χ1n) is 6.44. The van der Waals surface area contributed by atoms with E-state index in [2.05, 4.69) is 5.32 Å². The quantitative estimate of drug-likeness (QED) is 0.828. The summed E-state index contributed by atoms with van der Waals surface area (Å²) in [5.74, 6) is -1.05. The second kappa shape index (κ2) is 5.76. The highest BCUT2D eigenvalue weighted by atomic mass is 32.2. The Bertz CT molecular complexity index is 664. The van der Waals surface area contributed by atoms with Gasteiger partial charge in [-0.25, -0.2) is 13.2 Å². The summed E-state index contributed by atoms with van der Waals surface area (Å²) in [5.41, 5.74) is -0.776. The van der Waals surface area contributed by atoms with E-state index >= 15 is 0 Å². The second-order valence-electron chi connectivity index (χ2n) is 5.44. The zero-order chi connectivity index (χ0) is 15.7. The van der Waals surface area contributed by atoms with Gasteiger partial charge < -0.3 is 10.1 Å². The van der Waals surface area contributed by atoms with E-state index in [4.69, 9.17) is 4.74 Å². The Kier molecular flexibility index (Phi) is 4.38. The molecule has 1 aliphatic rings. The average Bonchev–Trinajstić information content (AvgIpc) is 2.90. The standard InChI is InChI=1S/C13H17NO5S2/c1-9-3-4-10(20-9)12(16)19-7-11(15)14-13(2)5-6-21(17,18)8-13/h3-4H,5-8H2,1-2H3,(H,14,15). The number of carbonyl (C=O) groups is 2. The minimum Gasteiger partial charge on any atom is -0.451 e. The highest BCUT2D eigenvalue weighted by molar-refractivity contribution is 7.91. The first-order chi connectivity index (χ1) is 9.69. The largest absolute Gasteiger partial charge is 0.451 e. The molecular formula is C13H17NO5S2. The lowest BCUT2D eigenvalue weighted by molar-refractivity contribution is -0.125. The monoisotopic (exact) mass is 331 g/mol. The summed E-state index contributed by atoms with van der Waals surface area (Å²) in [6.07, 6.45) is 0.374. The normalized spacial score (nSPS) is 23.7. The van der Waals surface area contributed by atoms with Gasteiger partial charge in [0, 0.05) is 4.88 Å². The number of ether oxygens (including phenoxy) is 1. The van der Waals surface area contributed by atoms with Gasteiger partial charge in [-0.15, -0.1) is 11.3 Å². The van der Waals surface area contributed by atoms with Crippen molar-refractivity contribution in [3.05, 3.63) is 21.9 Å². The fourth-order valence-corrected chi connectivity index (χ4v) is 5.08. The zero-order valence-electron chi connectivity index (χ0n) is 11.8. The maximum atomic E-state index is 11.8. The van der Waals surface area contributed by atoms with Crippen LogP contribution in [0.25, 0.3) is 0 Å². The van der Waals surface area contributed by atoms with Crippen LogP contribution in [-0.4, -0.2) is 43.9 Å². The minimum absolute atomic E-state index is 0.0675. The van der Waals surface area contributed by atoms with Gasteiger partial charge in [0.05, 0.1) is 17.0 Å². The number of aryl methyl sites for hydroxylation is 1. The Balaban J connectivity index is 1.84. The van der Waals surface area contributed by atoms with Crippen molar-refractivity contribution >= 4 is 33.1 Å². The van der Waals surface area contributed by atoms with Crippen LogP contribution in [0.15, 0.2) is 12.1 Å². The molecule has 1 aromatic rings. The first kappa shape index (κ1) is 16.0. The van der Waals surface area contributed by atoms with Crippen molar-refractivity contribution in [2.75, 3.05) is 18.1 Å². The van der Waals surface area contributed by atoms with Gasteiger partial charge in [0.15, 0.2) is 16.4 Å². The van der Waals surface area contributed by atoms with Gasteiger partial charge in [0.1, 0.15) is 4.88 Å². The van der Waals surface area contributed by atoms with Crippen LogP contribution in [-0.2, 0) is 19.4 Å². The summed E-state index contributed by atoms with van der Waals surface area (Å²) in [6, 6.07) is 3.44. The Morgan fingerprint density at radius 2 is 2.14 bits per heavy atom. The number of thiophene rings is 1. The minimum atomic E-state index is -3.09. The van der Waals surface area contributed by atoms with Gasteiger partial charge in [0.2, 0.25) is 0 Å². The van der Waals surface area contributed by atoms with Gasteiger partial charge in [0.25, 0.3) is 5.91 Å². The van der Waals surface area contributed by atoms with Crippen LogP contribution in [0.1, 0.15) is 27.9 Å². The molecule has 1 aromatic heterocycles. The number of rotatable bonds is 4. The van der Waals surface area contributed by atoms with E-state index in [1.165, 1.54) is 11.3 Å². The molecule has 1 amide bonds. The third-order valence-corrected chi connectivity index (χ3v) is 6.10. The number of sulfone groups is 1. The molecule has 1 aliphatic heterocycles. The predicted octanol–water partition coefficient (Wildman–Crippen LogP) is 0.907. The third kappa shape index (κ3) is 4.28. The van der Waals surface area contributed by atoms with Crippen molar-refractivity contribution in [2.45, 2.75) is 25.8 Å². The van der Waals surface area contributed by atoms with Crippen LogP contribution in [0, 0.1) is 6.92 Å². The molecule has 1 unspecified atom stereocenters. The molecule has 0 radical (unpaired) electrons. The molecule has 0 aromatic carbocycles. The molecule has 2 rings (SSSR count). The molecule has 116 valence electrons. The fourth-order valence-electron chi connectivity index (χ4n) is 2.23. The maximum Gasteiger partial charge on any atom is 0.348 e. The molecule has 0 spiro atoms. The van der Waals surface area contributed by atoms with E-state index < -0.39 is 33.9 Å². The predicted molar refractivity (Wildman–Crippen MR) is 79.2 cm³/mol. The molecule has 1 atom stereocenters. The van der Waals surface area contributed by atoms with Crippen molar-refractivity contribution in [2.24, 2.45) is 0 Å². The summed E-state index contributed by atoms with van der Waals surface area (Å²) in [7, 11) is -3.09. The molecule has 1 saturated heterocycles. The smallest absolute Gasteiger partial charge is 0.348 e. The molecule has 0 bridgehead atoms. The molecular weight excluding hydrogens is 314 g/mol. The Hall–Kier alpha value is -1.41. The number of amides is 1. The summed E-state index contributed by atoms with van der Waals surface area (Å²) in [5, 5.41) is 2.63. The Morgan fingerprint density at radius 3 is 2.67 bits per heavy atom. The highest BCUT2D eigenvalue weighted by Crippen LogP contribution is 2.22. The molecule has 21 heavy (non-hydrogen) atoms. The lowest BCUT2D eigenvalue weighted by Gasteiger charge is -2.23. The molecule has 0 saturated carbocycles. The SMILES string of the molecule is Cc1ccc(C(=O)OCC(=O)NC2(C)CCS(=O)(=O)C2)s1. The van der Waals surface area contributed by atoms with Gasteiger partial charge in [-0.3, -0.25) is 4.79 Å². The second-order valence-corrected chi connectivity index (χ2v) is 8.91. The van der Waals surface area contributed by atoms with Gasteiger partial charge >= 0.3 is 5.97 Å². The number of hydrogen-bond donors (Lipinski definition) is 1. The lowest BCUT2D eigenvalue weighted by Crippen LogP contribution is -2.48. The first-order valence-corrected chi connectivity index (χ1v) is 9.08. The summed E-state index contributed by atoms with van der Waals surface area (Å²) < 4.78 is 27.8. The van der Waals surface area contributed by atoms with E-state index in [1.54, 1.807) is 19.1 Å². The van der Waals surface area contributed by atoms with Crippen molar-refractivity contribution in [3.8, 4) is 0 Å². The summed E-state index contributed by atoms with van der Waals surface area (Å²) >= 11 is 1.29. The Morgan fingerprint density at radius 1 is 1.43 bits per heavy atom. The van der Waals surface area contributed by atoms with E-state index in [0.29, 0.717) is 11.3 Å². The van der Waals surface area contributed by atoms with Gasteiger partial charge in [-0.1, -0.05) is 0 Å². The van der Waals surface area contributed by atoms with Gasteiger partial charge in [-0.2, -0.15) is 0 Å². The Labute approximate surface area is 127 Å². The number of carbonyl (C=O) groups excluding carboxylic acids is 2. The van der Waals surface area contributed by atoms with E-state index in [1.807, 2.05) is 6.92 Å². The van der Waals surface area contributed by atoms with Crippen LogP contribution in [0.2, 0.25) is 0 Å². The van der Waals surface area contributed by atoms with E-state index in [-0.39, 0.29) is 11.5 Å². The van der Waals surface area contributed by atoms with Crippen LogP contribution >= 0.6 is 11.3 Å². The van der Waals surface area contributed by atoms with Crippen molar-refractivity contribution < 1.29 is 22.7 Å². The van der Waals surface area contributed by atoms with Crippen molar-refractivity contribution in [1.82, 2.24) is 5.32 Å². The summed E-state index contributed by atoms with van der Waals surface area (Å²) in [6.45, 7) is 3.14. The van der Waals surface area contributed by atoms with Crippen LogP contribution < -0.4 is 5.32 Å². The molecule has 8 heteroatoms. The van der Waals surface area contributed by atoms with Crippen LogP contribution in [0.4, 0.5) is 0 Å². The van der Waals surface area contributed by atoms with Crippen molar-refractivity contribution in [3.63, 3.8) is 0 Å². The molecule has 6 nitrogen and oxygen atoms in total. The fraction of sp³-hybridized carbons (Fsp3) is 0.538. The van der Waals surface area contributed by atoms with Crippen LogP contribution in [0.5, 0.6) is 0 Å². The maximum absolute atomic E-state index is 11.8. The topological polar surface area (TPSA) is 89.5 Å². The highest BCUT2D eigenvalue weighted by Gasteiger charge is 2.39. The number of hydrogen-bond acceptors (Lipinski definition) is 6. The molecule has 0 aliphatic carbocycles. The lowest BCUT2D eigenvalue weighted by atomic mass is 10.0. The number of nitrogens with one attached hydrogen (secondary N) is 1. The van der Waals surface area contributed by atoms with Gasteiger partial charge in [-0.05, 0) is 32.4 Å². The third-order valence-electron chi connectivity index (χ3n) is 3.22. The van der Waals surface area contributed by atoms with E-state index in [0.717, 1.165) is 4.88 Å². The molecule has 1 fully saturated rings. The summed E-state index contributed by atoms with van der Waals surface area (Å²) in [4.78, 5) is 24.9. The number of esters is 1. The molecule has 1 N–H and O–H groups in total. The average molecular weight is 331 g/mol. The van der Waals surface area contributed by atoms with E-state index in [9.17, 15) is 18.0 Å². The zero-order valence-corrected chi connectivity index (χ0v) is 13.5. The van der Waals surface area contributed by atoms with Crippen molar-refractivity contribution in [1.29, 1.82) is 0 Å². The van der Waals surface area contributed by atoms with Crippen LogP contribution in [0.3, 0.4) is 0 Å².